The van der Waals surface area contributed by atoms with Gasteiger partial charge in [0.1, 0.15) is 5.69 Å². The van der Waals surface area contributed by atoms with E-state index in [0.29, 0.717) is 5.69 Å². The van der Waals surface area contributed by atoms with Crippen molar-refractivity contribution >= 4 is 17.3 Å². The quantitative estimate of drug-likeness (QED) is 0.445. The molecule has 1 rings (SSSR count). The third-order valence-electron chi connectivity index (χ3n) is 2.31. The number of anilines is 1. The Morgan fingerprint density at radius 3 is 2.83 bits per heavy atom. The minimum Gasteiger partial charge on any atom is -0.467 e. The van der Waals surface area contributed by atoms with Crippen LogP contribution < -0.4 is 5.32 Å². The second-order valence-corrected chi connectivity index (χ2v) is 3.53. The summed E-state index contributed by atoms with van der Waals surface area (Å²) in [5.41, 5.74) is 0.296. The summed E-state index contributed by atoms with van der Waals surface area (Å²) in [6.45, 7) is 0.223. The van der Waals surface area contributed by atoms with E-state index in [0.717, 1.165) is 0 Å². The van der Waals surface area contributed by atoms with Crippen LogP contribution >= 0.6 is 0 Å². The van der Waals surface area contributed by atoms with Gasteiger partial charge in [-0.25, -0.2) is 4.79 Å². The van der Waals surface area contributed by atoms with Crippen LogP contribution in [0.15, 0.2) is 24.3 Å². The van der Waals surface area contributed by atoms with Gasteiger partial charge in [-0.2, -0.15) is 0 Å². The molecular weight excluding hydrogens is 240 g/mol. The average molecular weight is 254 g/mol. The van der Waals surface area contributed by atoms with E-state index < -0.39 is 17.0 Å². The normalized spacial score (nSPS) is 11.7. The number of esters is 1. The third-order valence-corrected chi connectivity index (χ3v) is 2.31. The van der Waals surface area contributed by atoms with Crippen molar-refractivity contribution in [3.63, 3.8) is 0 Å². The molecule has 0 bridgehead atoms. The zero-order valence-corrected chi connectivity index (χ0v) is 9.83. The van der Waals surface area contributed by atoms with E-state index in [9.17, 15) is 20.0 Å². The molecule has 7 nitrogen and oxygen atoms in total. The zero-order valence-electron chi connectivity index (χ0n) is 9.83. The minimum absolute atomic E-state index is 0.0509. The van der Waals surface area contributed by atoms with E-state index in [2.05, 4.69) is 10.1 Å². The van der Waals surface area contributed by atoms with Crippen molar-refractivity contribution in [2.75, 3.05) is 19.0 Å². The Balaban J connectivity index is 2.54. The Hall–Kier alpha value is -2.15. The number of nitrogens with zero attached hydrogens (tertiary/aromatic N) is 1. The summed E-state index contributed by atoms with van der Waals surface area (Å²) < 4.78 is 4.35. The molecule has 0 aliphatic rings. The molecule has 0 spiro atoms. The van der Waals surface area contributed by atoms with Gasteiger partial charge >= 0.3 is 5.97 Å². The maximum absolute atomic E-state index is 10.9. The van der Waals surface area contributed by atoms with Gasteiger partial charge in [-0.05, 0) is 6.07 Å². The number of aliphatic hydroxyl groups is 1. The molecular formula is C11H14N2O5. The molecule has 0 saturated heterocycles. The predicted octanol–water partition coefficient (Wildman–Crippen LogP) is 0.931. The van der Waals surface area contributed by atoms with E-state index >= 15 is 0 Å². The van der Waals surface area contributed by atoms with E-state index in [1.165, 1.54) is 13.2 Å². The maximum atomic E-state index is 10.9. The second-order valence-electron chi connectivity index (χ2n) is 3.53. The topological polar surface area (TPSA) is 102 Å². The Morgan fingerprint density at radius 1 is 1.56 bits per heavy atom. The molecule has 0 unspecified atom stereocenters. The van der Waals surface area contributed by atoms with Crippen LogP contribution in [-0.2, 0) is 9.53 Å². The maximum Gasteiger partial charge on any atom is 0.334 e. The van der Waals surface area contributed by atoms with Crippen LogP contribution in [0.2, 0.25) is 0 Å². The van der Waals surface area contributed by atoms with Crippen LogP contribution in [0.3, 0.4) is 0 Å². The zero-order chi connectivity index (χ0) is 13.5. The smallest absolute Gasteiger partial charge is 0.334 e. The summed E-state index contributed by atoms with van der Waals surface area (Å²) in [5.74, 6) is -0.723. The number of carbonyl (C=O) groups is 1. The highest BCUT2D eigenvalue weighted by atomic mass is 16.6. The molecule has 0 fully saturated rings. The molecule has 1 atom stereocenters. The van der Waals surface area contributed by atoms with Crippen LogP contribution in [0.25, 0.3) is 0 Å². The number of ether oxygens (including phenoxy) is 1. The Morgan fingerprint density at radius 2 is 2.22 bits per heavy atom. The lowest BCUT2D eigenvalue weighted by molar-refractivity contribution is -0.384. The van der Waals surface area contributed by atoms with Crippen molar-refractivity contribution in [3.05, 3.63) is 34.4 Å². The molecule has 0 heterocycles. The van der Waals surface area contributed by atoms with Gasteiger partial charge in [-0.3, -0.25) is 10.1 Å². The molecule has 0 amide bonds. The number of carbonyl (C=O) groups excluding carboxylic acids is 1. The molecule has 2 N–H and O–H groups in total. The lowest BCUT2D eigenvalue weighted by Gasteiger charge is -2.10. The molecule has 1 aromatic rings. The molecule has 1 aromatic carbocycles. The highest BCUT2D eigenvalue weighted by Crippen LogP contribution is 2.22. The summed E-state index contributed by atoms with van der Waals surface area (Å²) in [6.07, 6.45) is -1.12. The van der Waals surface area contributed by atoms with E-state index in [1.54, 1.807) is 18.2 Å². The average Bonchev–Trinajstić information content (AvgIpc) is 2.38. The van der Waals surface area contributed by atoms with Gasteiger partial charge in [-0.15, -0.1) is 0 Å². The molecule has 18 heavy (non-hydrogen) atoms. The number of nitro groups is 1. The first-order valence-electron chi connectivity index (χ1n) is 5.29. The standard InChI is InChI=1S/C11H14N2O5/c1-18-11(15)10(14)6-7-12-8-4-2-3-5-9(8)13(16)17/h2-5,10,12,14H,6-7H2,1H3/t10-/m0/s1. The van der Waals surface area contributed by atoms with Crippen LogP contribution in [0, 0.1) is 10.1 Å². The Bertz CT molecular complexity index is 435. The van der Waals surface area contributed by atoms with Gasteiger partial charge in [-0.1, -0.05) is 12.1 Å². The Labute approximate surface area is 104 Å². The minimum atomic E-state index is -1.23. The Kier molecular flexibility index (Phi) is 5.06. The molecule has 0 radical (unpaired) electrons. The van der Waals surface area contributed by atoms with Crippen molar-refractivity contribution in [3.8, 4) is 0 Å². The molecule has 0 aromatic heterocycles. The van der Waals surface area contributed by atoms with Crippen LogP contribution in [0.5, 0.6) is 0 Å². The van der Waals surface area contributed by atoms with E-state index in [1.807, 2.05) is 0 Å². The van der Waals surface area contributed by atoms with Crippen molar-refractivity contribution in [2.24, 2.45) is 0 Å². The van der Waals surface area contributed by atoms with E-state index in [4.69, 9.17) is 0 Å². The fourth-order valence-electron chi connectivity index (χ4n) is 1.38. The van der Waals surface area contributed by atoms with Gasteiger partial charge in [0.05, 0.1) is 12.0 Å². The number of para-hydroxylation sites is 2. The SMILES string of the molecule is COC(=O)[C@@H](O)CCNc1ccccc1[N+](=O)[O-]. The summed E-state index contributed by atoms with van der Waals surface area (Å²) in [6, 6.07) is 6.15. The van der Waals surface area contributed by atoms with Crippen LogP contribution in [-0.4, -0.2) is 35.8 Å². The van der Waals surface area contributed by atoms with Crippen molar-refractivity contribution in [1.29, 1.82) is 0 Å². The van der Waals surface area contributed by atoms with Crippen molar-refractivity contribution in [1.82, 2.24) is 0 Å². The third kappa shape index (κ3) is 3.70. The monoisotopic (exact) mass is 254 g/mol. The molecule has 0 aliphatic heterocycles. The molecule has 7 heteroatoms. The molecule has 98 valence electrons. The van der Waals surface area contributed by atoms with Crippen molar-refractivity contribution < 1.29 is 19.6 Å². The van der Waals surface area contributed by atoms with Crippen LogP contribution in [0.4, 0.5) is 11.4 Å². The summed E-state index contributed by atoms with van der Waals surface area (Å²) >= 11 is 0. The van der Waals surface area contributed by atoms with Gasteiger partial charge in [0.25, 0.3) is 5.69 Å². The first-order chi connectivity index (χ1) is 8.56. The number of methoxy groups -OCH3 is 1. The van der Waals surface area contributed by atoms with Crippen molar-refractivity contribution in [2.45, 2.75) is 12.5 Å². The first-order valence-corrected chi connectivity index (χ1v) is 5.29. The molecule has 0 saturated carbocycles. The van der Waals surface area contributed by atoms with Gasteiger partial charge < -0.3 is 15.2 Å². The largest absolute Gasteiger partial charge is 0.467 e. The summed E-state index contributed by atoms with van der Waals surface area (Å²) in [5, 5.41) is 22.8. The first kappa shape index (κ1) is 13.9. The number of hydrogen-bond donors (Lipinski definition) is 2. The van der Waals surface area contributed by atoms with E-state index in [-0.39, 0.29) is 18.7 Å². The fraction of sp³-hybridized carbons (Fsp3) is 0.364. The number of nitro benzene ring substituents is 1. The number of rotatable bonds is 6. The predicted molar refractivity (Wildman–Crippen MR) is 64.2 cm³/mol. The highest BCUT2D eigenvalue weighted by Gasteiger charge is 2.16. The van der Waals surface area contributed by atoms with Crippen LogP contribution in [0.1, 0.15) is 6.42 Å². The van der Waals surface area contributed by atoms with Gasteiger partial charge in [0.2, 0.25) is 0 Å². The number of nitrogens with one attached hydrogen (secondary N) is 1. The lowest BCUT2D eigenvalue weighted by Crippen LogP contribution is -2.24. The fourth-order valence-corrected chi connectivity index (χ4v) is 1.38. The lowest BCUT2D eigenvalue weighted by atomic mass is 10.2. The number of hydrogen-bond acceptors (Lipinski definition) is 6. The second kappa shape index (κ2) is 6.55. The molecule has 0 aliphatic carbocycles. The summed E-state index contributed by atoms with van der Waals surface area (Å²) in [4.78, 5) is 21.1. The van der Waals surface area contributed by atoms with Gasteiger partial charge in [0, 0.05) is 19.0 Å². The number of benzene rings is 1. The number of aliphatic hydroxyl groups excluding tert-OH is 1. The summed E-state index contributed by atoms with van der Waals surface area (Å²) in [7, 11) is 1.18. The highest BCUT2D eigenvalue weighted by molar-refractivity contribution is 5.74. The van der Waals surface area contributed by atoms with Gasteiger partial charge in [0.15, 0.2) is 6.10 Å².